The Hall–Kier alpha value is -3.30. The van der Waals surface area contributed by atoms with Crippen molar-refractivity contribution in [2.24, 2.45) is 5.92 Å². The van der Waals surface area contributed by atoms with Crippen LogP contribution in [0.1, 0.15) is 59.6 Å². The van der Waals surface area contributed by atoms with Crippen LogP contribution in [0.2, 0.25) is 0 Å². The molecule has 0 aliphatic rings. The number of nitrogens with one attached hydrogen (secondary N) is 2. The van der Waals surface area contributed by atoms with Crippen LogP contribution in [-0.2, 0) is 23.9 Å². The van der Waals surface area contributed by atoms with E-state index >= 15 is 0 Å². The van der Waals surface area contributed by atoms with E-state index in [-0.39, 0.29) is 31.2 Å². The zero-order valence-corrected chi connectivity index (χ0v) is 21.0. The summed E-state index contributed by atoms with van der Waals surface area (Å²) >= 11 is 0. The molecule has 0 radical (unpaired) electrons. The molecule has 3 amide bonds. The Bertz CT molecular complexity index is 864. The largest absolute Gasteiger partial charge is 0.508 e. The first-order valence-electron chi connectivity index (χ1n) is 11.2. The van der Waals surface area contributed by atoms with Gasteiger partial charge in [-0.05, 0) is 51.3 Å². The van der Waals surface area contributed by atoms with Gasteiger partial charge in [0.25, 0.3) is 0 Å². The molecule has 0 spiro atoms. The van der Waals surface area contributed by atoms with E-state index in [1.165, 1.54) is 24.1 Å². The molecule has 1 rings (SSSR count). The molecule has 3 N–H and O–H groups in total. The Morgan fingerprint density at radius 3 is 2.32 bits per heavy atom. The van der Waals surface area contributed by atoms with E-state index in [1.54, 1.807) is 53.7 Å². The minimum Gasteiger partial charge on any atom is -0.508 e. The molecule has 34 heavy (non-hydrogen) atoms. The van der Waals surface area contributed by atoms with Crippen LogP contribution < -0.4 is 10.6 Å². The molecule has 0 bridgehead atoms. The molecule has 0 aromatic heterocycles. The van der Waals surface area contributed by atoms with Crippen molar-refractivity contribution in [3.8, 4) is 5.75 Å². The van der Waals surface area contributed by atoms with Gasteiger partial charge in [-0.25, -0.2) is 4.79 Å². The average molecular weight is 480 g/mol. The van der Waals surface area contributed by atoms with E-state index in [2.05, 4.69) is 10.6 Å². The van der Waals surface area contributed by atoms with Crippen molar-refractivity contribution in [2.45, 2.75) is 65.6 Å². The second kappa shape index (κ2) is 12.8. The summed E-state index contributed by atoms with van der Waals surface area (Å²) in [6.45, 7) is 10.6. The van der Waals surface area contributed by atoms with Gasteiger partial charge in [-0.15, -0.1) is 0 Å². The van der Waals surface area contributed by atoms with Crippen molar-refractivity contribution in [1.82, 2.24) is 15.5 Å². The van der Waals surface area contributed by atoms with Crippen molar-refractivity contribution in [3.63, 3.8) is 0 Å². The molecule has 1 aromatic carbocycles. The van der Waals surface area contributed by atoms with E-state index < -0.39 is 41.6 Å². The van der Waals surface area contributed by atoms with Gasteiger partial charge in [-0.2, -0.15) is 0 Å². The summed E-state index contributed by atoms with van der Waals surface area (Å²) in [5, 5.41) is 15.2. The number of nitrogens with zero attached hydrogens (tertiary/aromatic N) is 1. The Balaban J connectivity index is 3.13. The van der Waals surface area contributed by atoms with Crippen molar-refractivity contribution < 1.29 is 33.8 Å². The van der Waals surface area contributed by atoms with E-state index in [9.17, 15) is 24.3 Å². The molecule has 10 nitrogen and oxygen atoms in total. The lowest BCUT2D eigenvalue weighted by Crippen LogP contribution is -2.53. The summed E-state index contributed by atoms with van der Waals surface area (Å²) in [4.78, 5) is 51.6. The fourth-order valence-electron chi connectivity index (χ4n) is 3.16. The van der Waals surface area contributed by atoms with Crippen LogP contribution in [-0.4, -0.2) is 65.7 Å². The minimum absolute atomic E-state index is 0.0127. The number of carbonyl (C=O) groups excluding carboxylic acids is 4. The summed E-state index contributed by atoms with van der Waals surface area (Å²) in [6.07, 6.45) is -0.778. The van der Waals surface area contributed by atoms with Gasteiger partial charge in [0, 0.05) is 13.6 Å². The first kappa shape index (κ1) is 28.7. The van der Waals surface area contributed by atoms with Gasteiger partial charge in [0.15, 0.2) is 0 Å². The van der Waals surface area contributed by atoms with Crippen LogP contribution in [0.25, 0.3) is 0 Å². The zero-order chi connectivity index (χ0) is 26.1. The maximum Gasteiger partial charge on any atom is 0.408 e. The first-order chi connectivity index (χ1) is 15.8. The lowest BCUT2D eigenvalue weighted by Gasteiger charge is -2.33. The first-order valence-corrected chi connectivity index (χ1v) is 11.2. The van der Waals surface area contributed by atoms with Crippen LogP contribution in [0.4, 0.5) is 4.79 Å². The summed E-state index contributed by atoms with van der Waals surface area (Å²) in [7, 11) is 1.44. The minimum atomic E-state index is -1.12. The molecule has 0 saturated heterocycles. The maximum atomic E-state index is 13.4. The number of esters is 1. The Kier molecular flexibility index (Phi) is 10.8. The Morgan fingerprint density at radius 2 is 1.79 bits per heavy atom. The molecular formula is C24H37N3O7. The molecule has 0 aliphatic carbocycles. The van der Waals surface area contributed by atoms with Crippen molar-refractivity contribution in [1.29, 1.82) is 0 Å². The second-order valence-electron chi connectivity index (χ2n) is 9.16. The van der Waals surface area contributed by atoms with Crippen LogP contribution in [0.3, 0.4) is 0 Å². The quantitative estimate of drug-likeness (QED) is 0.439. The fraction of sp³-hybridized carbons (Fsp3) is 0.583. The number of hydrogen-bond acceptors (Lipinski definition) is 7. The van der Waals surface area contributed by atoms with Crippen LogP contribution >= 0.6 is 0 Å². The highest BCUT2D eigenvalue weighted by Crippen LogP contribution is 2.25. The van der Waals surface area contributed by atoms with Gasteiger partial charge in [-0.1, -0.05) is 26.0 Å². The summed E-state index contributed by atoms with van der Waals surface area (Å²) < 4.78 is 10.1. The molecule has 2 atom stereocenters. The van der Waals surface area contributed by atoms with Crippen molar-refractivity contribution >= 4 is 23.9 Å². The third-order valence-corrected chi connectivity index (χ3v) is 4.71. The average Bonchev–Trinajstić information content (AvgIpc) is 2.70. The number of amides is 3. The van der Waals surface area contributed by atoms with E-state index in [1.807, 2.05) is 0 Å². The standard InChI is InChI=1S/C24H37N3O7/c1-8-33-18(29)12-13-25-21(30)20(16-10-9-11-17(28)14-16)27(7)22(31)19(15(2)3)26-23(32)34-24(4,5)6/h9-11,14-15,19-20,28H,8,12-13H2,1-7H3,(H,25,30)(H,26,32). The number of rotatable bonds is 10. The fourth-order valence-corrected chi connectivity index (χ4v) is 3.16. The van der Waals surface area contributed by atoms with E-state index in [0.29, 0.717) is 5.56 Å². The van der Waals surface area contributed by atoms with Crippen LogP contribution in [0.5, 0.6) is 5.75 Å². The van der Waals surface area contributed by atoms with E-state index in [4.69, 9.17) is 9.47 Å². The number of ether oxygens (including phenoxy) is 2. The SMILES string of the molecule is CCOC(=O)CCNC(=O)C(c1cccc(O)c1)N(C)C(=O)C(NC(=O)OC(C)(C)C)C(C)C. The smallest absolute Gasteiger partial charge is 0.408 e. The molecular weight excluding hydrogens is 442 g/mol. The second-order valence-corrected chi connectivity index (χ2v) is 9.16. The van der Waals surface area contributed by atoms with Gasteiger partial charge in [-0.3, -0.25) is 14.4 Å². The normalized spacial score (nSPS) is 12.9. The number of phenolic OH excluding ortho intramolecular Hbond substituents is 1. The van der Waals surface area contributed by atoms with Gasteiger partial charge < -0.3 is 30.1 Å². The number of benzene rings is 1. The zero-order valence-electron chi connectivity index (χ0n) is 21.0. The molecule has 0 heterocycles. The number of carbonyl (C=O) groups is 4. The summed E-state index contributed by atoms with van der Waals surface area (Å²) in [6, 6.07) is 3.90. The summed E-state index contributed by atoms with van der Waals surface area (Å²) in [5.41, 5.74) is -0.381. The number of likely N-dealkylation sites (N-methyl/N-ethyl adjacent to an activating group) is 1. The Morgan fingerprint density at radius 1 is 1.15 bits per heavy atom. The number of alkyl carbamates (subject to hydrolysis) is 1. The van der Waals surface area contributed by atoms with Crippen LogP contribution in [0.15, 0.2) is 24.3 Å². The topological polar surface area (TPSA) is 134 Å². The lowest BCUT2D eigenvalue weighted by atomic mass is 9.99. The maximum absolute atomic E-state index is 13.4. The molecule has 0 fully saturated rings. The molecule has 190 valence electrons. The van der Waals surface area contributed by atoms with E-state index in [0.717, 1.165) is 0 Å². The van der Waals surface area contributed by atoms with Gasteiger partial charge >= 0.3 is 12.1 Å². The molecule has 0 aliphatic heterocycles. The Labute approximate surface area is 201 Å². The monoisotopic (exact) mass is 479 g/mol. The number of aromatic hydroxyl groups is 1. The highest BCUT2D eigenvalue weighted by Gasteiger charge is 2.35. The van der Waals surface area contributed by atoms with Crippen molar-refractivity contribution in [3.05, 3.63) is 29.8 Å². The lowest BCUT2D eigenvalue weighted by molar-refractivity contribution is -0.144. The highest BCUT2D eigenvalue weighted by atomic mass is 16.6. The molecule has 1 aromatic rings. The predicted molar refractivity (Wildman–Crippen MR) is 126 cm³/mol. The number of phenols is 1. The molecule has 2 unspecified atom stereocenters. The third-order valence-electron chi connectivity index (χ3n) is 4.71. The third kappa shape index (κ3) is 9.29. The van der Waals surface area contributed by atoms with Crippen LogP contribution in [0, 0.1) is 5.92 Å². The van der Waals surface area contributed by atoms with Gasteiger partial charge in [0.05, 0.1) is 13.0 Å². The van der Waals surface area contributed by atoms with Crippen molar-refractivity contribution in [2.75, 3.05) is 20.2 Å². The predicted octanol–water partition coefficient (Wildman–Crippen LogP) is 2.51. The highest BCUT2D eigenvalue weighted by molar-refractivity contribution is 5.92. The van der Waals surface area contributed by atoms with Gasteiger partial charge in [0.2, 0.25) is 11.8 Å². The summed E-state index contributed by atoms with van der Waals surface area (Å²) in [5.74, 6) is -1.91. The molecule has 0 saturated carbocycles. The number of hydrogen-bond donors (Lipinski definition) is 3. The van der Waals surface area contributed by atoms with Gasteiger partial charge in [0.1, 0.15) is 23.4 Å². The molecule has 10 heteroatoms.